The topological polar surface area (TPSA) is 68.4 Å². The number of hydrogen-bond acceptors (Lipinski definition) is 5. The molecule has 3 rings (SSSR count). The summed E-state index contributed by atoms with van der Waals surface area (Å²) in [7, 11) is 0. The van der Waals surface area contributed by atoms with Crippen LogP contribution in [0.1, 0.15) is 32.0 Å². The number of benzene rings is 1. The van der Waals surface area contributed by atoms with Gasteiger partial charge in [0.15, 0.2) is 0 Å². The van der Waals surface area contributed by atoms with Gasteiger partial charge >= 0.3 is 0 Å². The minimum absolute atomic E-state index is 0.207. The number of hydrogen-bond donors (Lipinski definition) is 1. The average Bonchev–Trinajstić information content (AvgIpc) is 2.81. The second-order valence-electron chi connectivity index (χ2n) is 6.42. The first-order valence-corrected chi connectivity index (χ1v) is 7.57. The minimum Gasteiger partial charge on any atom is -0.508 e. The van der Waals surface area contributed by atoms with Gasteiger partial charge in [-0.1, -0.05) is 37.5 Å². The molecule has 0 saturated carbocycles. The molecule has 1 N–H and O–H groups in total. The van der Waals surface area contributed by atoms with E-state index in [9.17, 15) is 5.11 Å². The molecular weight excluding hydrogens is 316 g/mol. The van der Waals surface area contributed by atoms with E-state index in [0.29, 0.717) is 28.3 Å². The molecule has 6 heteroatoms. The number of aromatic nitrogens is 2. The van der Waals surface area contributed by atoms with Gasteiger partial charge in [-0.05, 0) is 30.5 Å². The molecule has 0 atom stereocenters. The fourth-order valence-electron chi connectivity index (χ4n) is 2.41. The number of fused-ring (bicyclic) bond motifs is 1. The molecule has 3 aromatic rings. The zero-order valence-corrected chi connectivity index (χ0v) is 14.1. The monoisotopic (exact) mass is 332 g/mol. The van der Waals surface area contributed by atoms with Gasteiger partial charge in [0, 0.05) is 11.6 Å². The Kier molecular flexibility index (Phi) is 3.68. The zero-order chi connectivity index (χ0) is 16.8. The van der Waals surface area contributed by atoms with Gasteiger partial charge in [-0.25, -0.2) is 0 Å². The van der Waals surface area contributed by atoms with Crippen molar-refractivity contribution in [3.8, 4) is 17.2 Å². The summed E-state index contributed by atoms with van der Waals surface area (Å²) < 4.78 is 11.1. The van der Waals surface area contributed by atoms with Crippen LogP contribution in [0.2, 0.25) is 5.15 Å². The SMILES string of the molecule is Cc1noc2nc(Cl)cc(Oc3ccc(O)c(C(C)(C)C)c3)c12. The molecule has 0 fully saturated rings. The molecule has 0 bridgehead atoms. The smallest absolute Gasteiger partial charge is 0.263 e. The van der Waals surface area contributed by atoms with Gasteiger partial charge in [0.05, 0.1) is 5.69 Å². The first kappa shape index (κ1) is 15.6. The summed E-state index contributed by atoms with van der Waals surface area (Å²) in [4.78, 5) is 4.09. The Morgan fingerprint density at radius 2 is 1.96 bits per heavy atom. The Morgan fingerprint density at radius 1 is 1.22 bits per heavy atom. The van der Waals surface area contributed by atoms with Gasteiger partial charge in [0.1, 0.15) is 27.8 Å². The van der Waals surface area contributed by atoms with E-state index in [0.717, 1.165) is 5.56 Å². The van der Waals surface area contributed by atoms with Crippen molar-refractivity contribution in [3.63, 3.8) is 0 Å². The summed E-state index contributed by atoms with van der Waals surface area (Å²) in [5.74, 6) is 1.35. The highest BCUT2D eigenvalue weighted by Crippen LogP contribution is 2.37. The third-order valence-electron chi connectivity index (χ3n) is 3.55. The molecular formula is C17H17ClN2O3. The maximum absolute atomic E-state index is 10.1. The van der Waals surface area contributed by atoms with Crippen LogP contribution in [-0.4, -0.2) is 15.2 Å². The summed E-state index contributed by atoms with van der Waals surface area (Å²) in [6, 6.07) is 6.76. The average molecular weight is 333 g/mol. The summed E-state index contributed by atoms with van der Waals surface area (Å²) in [5, 5.41) is 14.9. The number of phenolic OH excluding ortho intramolecular Hbond substituents is 1. The molecule has 120 valence electrons. The molecule has 2 heterocycles. The van der Waals surface area contributed by atoms with Crippen molar-refractivity contribution < 1.29 is 14.4 Å². The number of aryl methyl sites for hydroxylation is 1. The number of pyridine rings is 1. The highest BCUT2D eigenvalue weighted by molar-refractivity contribution is 6.30. The van der Waals surface area contributed by atoms with Gasteiger partial charge in [-0.15, -0.1) is 0 Å². The van der Waals surface area contributed by atoms with Crippen molar-refractivity contribution in [1.82, 2.24) is 10.1 Å². The van der Waals surface area contributed by atoms with Crippen LogP contribution in [-0.2, 0) is 5.41 Å². The van der Waals surface area contributed by atoms with Crippen LogP contribution in [0, 0.1) is 6.92 Å². The number of nitrogens with zero attached hydrogens (tertiary/aromatic N) is 2. The molecule has 0 spiro atoms. The molecule has 23 heavy (non-hydrogen) atoms. The van der Waals surface area contributed by atoms with Crippen LogP contribution in [0.25, 0.3) is 11.1 Å². The second kappa shape index (κ2) is 5.42. The molecule has 0 unspecified atom stereocenters. The predicted octanol–water partition coefficient (Wildman–Crippen LogP) is 4.98. The van der Waals surface area contributed by atoms with Gasteiger partial charge in [0.25, 0.3) is 5.71 Å². The van der Waals surface area contributed by atoms with Gasteiger partial charge in [-0.2, -0.15) is 4.98 Å². The Balaban J connectivity index is 2.08. The minimum atomic E-state index is -0.207. The van der Waals surface area contributed by atoms with E-state index in [2.05, 4.69) is 10.1 Å². The number of aromatic hydroxyl groups is 1. The normalized spacial score (nSPS) is 11.9. The molecule has 2 aromatic heterocycles. The van der Waals surface area contributed by atoms with Gasteiger partial charge in [-0.3, -0.25) is 0 Å². The lowest BCUT2D eigenvalue weighted by Crippen LogP contribution is -2.11. The van der Waals surface area contributed by atoms with E-state index >= 15 is 0 Å². The maximum atomic E-state index is 10.1. The third kappa shape index (κ3) is 2.97. The van der Waals surface area contributed by atoms with E-state index in [1.54, 1.807) is 18.2 Å². The lowest BCUT2D eigenvalue weighted by Gasteiger charge is -2.21. The highest BCUT2D eigenvalue weighted by Gasteiger charge is 2.20. The molecule has 0 saturated heterocycles. The van der Waals surface area contributed by atoms with Crippen LogP contribution in [0.5, 0.6) is 17.2 Å². The van der Waals surface area contributed by atoms with E-state index in [-0.39, 0.29) is 16.3 Å². The van der Waals surface area contributed by atoms with Gasteiger partial charge in [0.2, 0.25) is 0 Å². The number of phenols is 1. The molecule has 0 aliphatic carbocycles. The summed E-state index contributed by atoms with van der Waals surface area (Å²) in [6.07, 6.45) is 0. The largest absolute Gasteiger partial charge is 0.508 e. The van der Waals surface area contributed by atoms with Crippen LogP contribution < -0.4 is 4.74 Å². The first-order chi connectivity index (χ1) is 10.8. The fourth-order valence-corrected chi connectivity index (χ4v) is 2.59. The maximum Gasteiger partial charge on any atom is 0.263 e. The van der Waals surface area contributed by atoms with E-state index < -0.39 is 0 Å². The van der Waals surface area contributed by atoms with Crippen LogP contribution >= 0.6 is 11.6 Å². The Bertz CT molecular complexity index is 881. The zero-order valence-electron chi connectivity index (χ0n) is 13.3. The van der Waals surface area contributed by atoms with Crippen molar-refractivity contribution in [3.05, 3.63) is 40.7 Å². The van der Waals surface area contributed by atoms with E-state index in [4.69, 9.17) is 20.9 Å². The lowest BCUT2D eigenvalue weighted by atomic mass is 9.86. The standard InChI is InChI=1S/C17H17ClN2O3/c1-9-15-13(8-14(18)19-16(15)23-20-9)22-10-5-6-12(21)11(7-10)17(2,3)4/h5-8,21H,1-4H3. The third-order valence-corrected chi connectivity index (χ3v) is 3.75. The van der Waals surface area contributed by atoms with Crippen LogP contribution in [0.3, 0.4) is 0 Å². The number of halogens is 1. The van der Waals surface area contributed by atoms with Gasteiger partial charge < -0.3 is 14.4 Å². The lowest BCUT2D eigenvalue weighted by molar-refractivity contribution is 0.437. The van der Waals surface area contributed by atoms with Crippen LogP contribution in [0.15, 0.2) is 28.8 Å². The number of rotatable bonds is 2. The highest BCUT2D eigenvalue weighted by atomic mass is 35.5. The molecule has 0 amide bonds. The Labute approximate surface area is 138 Å². The molecule has 1 aromatic carbocycles. The number of ether oxygens (including phenoxy) is 1. The molecule has 0 radical (unpaired) electrons. The summed E-state index contributed by atoms with van der Waals surface area (Å²) >= 11 is 6.01. The Morgan fingerprint density at radius 3 is 2.65 bits per heavy atom. The van der Waals surface area contributed by atoms with E-state index in [1.165, 1.54) is 0 Å². The van der Waals surface area contributed by atoms with E-state index in [1.807, 2.05) is 33.8 Å². The molecule has 0 aliphatic rings. The Hall–Kier alpha value is -2.27. The van der Waals surface area contributed by atoms with Crippen molar-refractivity contribution in [2.45, 2.75) is 33.1 Å². The predicted molar refractivity (Wildman–Crippen MR) is 88.4 cm³/mol. The fraction of sp³-hybridized carbons (Fsp3) is 0.294. The van der Waals surface area contributed by atoms with Crippen molar-refractivity contribution in [1.29, 1.82) is 0 Å². The molecule has 0 aliphatic heterocycles. The first-order valence-electron chi connectivity index (χ1n) is 7.19. The van der Waals surface area contributed by atoms with Crippen molar-refractivity contribution in [2.75, 3.05) is 0 Å². The second-order valence-corrected chi connectivity index (χ2v) is 6.81. The van der Waals surface area contributed by atoms with Crippen molar-refractivity contribution in [2.24, 2.45) is 0 Å². The van der Waals surface area contributed by atoms with Crippen molar-refractivity contribution >= 4 is 22.7 Å². The summed E-state index contributed by atoms with van der Waals surface area (Å²) in [5.41, 5.74) is 1.60. The van der Waals surface area contributed by atoms with Crippen LogP contribution in [0.4, 0.5) is 0 Å². The summed E-state index contributed by atoms with van der Waals surface area (Å²) in [6.45, 7) is 7.89. The molecule has 5 nitrogen and oxygen atoms in total. The quantitative estimate of drug-likeness (QED) is 0.670.